The summed E-state index contributed by atoms with van der Waals surface area (Å²) in [6, 6.07) is 6.15. The summed E-state index contributed by atoms with van der Waals surface area (Å²) in [5, 5.41) is 6.64. The topological polar surface area (TPSA) is 72.9 Å². The smallest absolute Gasteiger partial charge is 0.226 e. The van der Waals surface area contributed by atoms with Gasteiger partial charge in [0.2, 0.25) is 5.91 Å². The quantitative estimate of drug-likeness (QED) is 0.834. The van der Waals surface area contributed by atoms with Crippen LogP contribution >= 0.6 is 0 Å². The molecule has 3 N–H and O–H groups in total. The van der Waals surface area contributed by atoms with Crippen LogP contribution in [0.5, 0.6) is 0 Å². The first-order chi connectivity index (χ1) is 10.2. The van der Waals surface area contributed by atoms with E-state index < -0.39 is 5.82 Å². The first kappa shape index (κ1) is 14.8. The summed E-state index contributed by atoms with van der Waals surface area (Å²) in [6.45, 7) is 0.646. The Bertz CT molecular complexity index is 671. The number of carbonyl (C=O) groups excluding carboxylic acids is 1. The average molecular weight is 286 g/mol. The molecule has 1 aromatic carbocycles. The molecule has 0 saturated heterocycles. The van der Waals surface area contributed by atoms with Crippen LogP contribution in [0.15, 0.2) is 36.7 Å². The number of hydrogen-bond acceptors (Lipinski definition) is 3. The van der Waals surface area contributed by atoms with Crippen molar-refractivity contribution in [2.45, 2.75) is 13.0 Å². The van der Waals surface area contributed by atoms with Gasteiger partial charge in [0.05, 0.1) is 12.1 Å². The molecule has 0 aliphatic heterocycles. The summed E-state index contributed by atoms with van der Waals surface area (Å²) < 4.78 is 15.4. The molecule has 0 unspecified atom stereocenters. The van der Waals surface area contributed by atoms with Crippen molar-refractivity contribution < 1.29 is 9.18 Å². The van der Waals surface area contributed by atoms with Crippen molar-refractivity contribution in [3.63, 3.8) is 0 Å². The highest BCUT2D eigenvalue weighted by molar-refractivity contribution is 5.90. The maximum atomic E-state index is 13.7. The van der Waals surface area contributed by atoms with Crippen LogP contribution in [-0.2, 0) is 11.3 Å². The van der Waals surface area contributed by atoms with E-state index in [9.17, 15) is 9.18 Å². The Morgan fingerprint density at radius 3 is 3.00 bits per heavy atom. The molecule has 0 aliphatic rings. The SMILES string of the molecule is NCC#Cc1ccc(NC(=O)CCn2cccn2)cc1F. The Morgan fingerprint density at radius 1 is 1.48 bits per heavy atom. The van der Waals surface area contributed by atoms with Crippen molar-refractivity contribution in [3.8, 4) is 11.8 Å². The Kier molecular flexibility index (Phi) is 5.07. The Labute approximate surface area is 122 Å². The molecule has 0 aliphatic carbocycles. The fourth-order valence-corrected chi connectivity index (χ4v) is 1.71. The zero-order valence-electron chi connectivity index (χ0n) is 11.3. The number of amides is 1. The Morgan fingerprint density at radius 2 is 2.33 bits per heavy atom. The minimum atomic E-state index is -0.485. The standard InChI is InChI=1S/C15H15FN4O/c16-14-11-13(5-4-12(14)3-1-7-17)19-15(21)6-10-20-9-2-8-18-20/h2,4-5,8-9,11H,6-7,10,17H2,(H,19,21). The highest BCUT2D eigenvalue weighted by Crippen LogP contribution is 2.14. The van der Waals surface area contributed by atoms with E-state index in [0.29, 0.717) is 12.2 Å². The number of hydrogen-bond donors (Lipinski definition) is 2. The van der Waals surface area contributed by atoms with E-state index in [4.69, 9.17) is 5.73 Å². The molecule has 6 heteroatoms. The van der Waals surface area contributed by atoms with Crippen LogP contribution in [0.3, 0.4) is 0 Å². The molecule has 0 fully saturated rings. The predicted octanol–water partition coefficient (Wildman–Crippen LogP) is 1.36. The molecule has 5 nitrogen and oxygen atoms in total. The highest BCUT2D eigenvalue weighted by Gasteiger charge is 2.06. The molecule has 0 saturated carbocycles. The molecular formula is C15H15FN4O. The first-order valence-electron chi connectivity index (χ1n) is 6.45. The van der Waals surface area contributed by atoms with Gasteiger partial charge in [0.15, 0.2) is 0 Å². The van der Waals surface area contributed by atoms with Crippen LogP contribution in [0.2, 0.25) is 0 Å². The van der Waals surface area contributed by atoms with Gasteiger partial charge in [0, 0.05) is 31.0 Å². The number of aryl methyl sites for hydroxylation is 1. The Hall–Kier alpha value is -2.65. The molecule has 1 amide bonds. The summed E-state index contributed by atoms with van der Waals surface area (Å²) in [7, 11) is 0. The van der Waals surface area contributed by atoms with Gasteiger partial charge in [-0.2, -0.15) is 5.10 Å². The molecule has 0 radical (unpaired) electrons. The molecule has 2 rings (SSSR count). The lowest BCUT2D eigenvalue weighted by Crippen LogP contribution is -2.14. The number of rotatable bonds is 4. The van der Waals surface area contributed by atoms with Crippen LogP contribution in [0.4, 0.5) is 10.1 Å². The van der Waals surface area contributed by atoms with Crippen molar-refractivity contribution in [1.82, 2.24) is 9.78 Å². The lowest BCUT2D eigenvalue weighted by Gasteiger charge is -2.06. The van der Waals surface area contributed by atoms with Gasteiger partial charge >= 0.3 is 0 Å². The van der Waals surface area contributed by atoms with Gasteiger partial charge in [-0.25, -0.2) is 4.39 Å². The van der Waals surface area contributed by atoms with Gasteiger partial charge in [-0.3, -0.25) is 9.48 Å². The second-order valence-electron chi connectivity index (χ2n) is 4.27. The zero-order valence-corrected chi connectivity index (χ0v) is 11.3. The van der Waals surface area contributed by atoms with Gasteiger partial charge in [0.1, 0.15) is 5.82 Å². The van der Waals surface area contributed by atoms with Crippen molar-refractivity contribution >= 4 is 11.6 Å². The number of aromatic nitrogens is 2. The van der Waals surface area contributed by atoms with Crippen LogP contribution in [-0.4, -0.2) is 22.2 Å². The van der Waals surface area contributed by atoms with Crippen LogP contribution in [0, 0.1) is 17.7 Å². The van der Waals surface area contributed by atoms with E-state index >= 15 is 0 Å². The van der Waals surface area contributed by atoms with Gasteiger partial charge in [0.25, 0.3) is 0 Å². The summed E-state index contributed by atoms with van der Waals surface area (Å²) in [6.07, 6.45) is 3.68. The van der Waals surface area contributed by atoms with Gasteiger partial charge < -0.3 is 11.1 Å². The molecule has 2 aromatic rings. The van der Waals surface area contributed by atoms with Crippen molar-refractivity contribution in [2.24, 2.45) is 5.73 Å². The lowest BCUT2D eigenvalue weighted by molar-refractivity contribution is -0.116. The molecule has 0 atom stereocenters. The third-order valence-electron chi connectivity index (χ3n) is 2.71. The maximum absolute atomic E-state index is 13.7. The fourth-order valence-electron chi connectivity index (χ4n) is 1.71. The van der Waals surface area contributed by atoms with Gasteiger partial charge in [-0.1, -0.05) is 11.8 Å². The Balaban J connectivity index is 1.93. The van der Waals surface area contributed by atoms with Crippen molar-refractivity contribution in [2.75, 3.05) is 11.9 Å². The molecule has 0 spiro atoms. The zero-order chi connectivity index (χ0) is 15.1. The van der Waals surface area contributed by atoms with Crippen LogP contribution in [0.25, 0.3) is 0 Å². The van der Waals surface area contributed by atoms with Gasteiger partial charge in [-0.05, 0) is 24.3 Å². The average Bonchev–Trinajstić information content (AvgIpc) is 2.98. The second-order valence-corrected chi connectivity index (χ2v) is 4.27. The largest absolute Gasteiger partial charge is 0.326 e. The highest BCUT2D eigenvalue weighted by atomic mass is 19.1. The molecule has 1 aromatic heterocycles. The van der Waals surface area contributed by atoms with E-state index in [2.05, 4.69) is 22.3 Å². The van der Waals surface area contributed by atoms with E-state index in [1.54, 1.807) is 29.2 Å². The first-order valence-corrected chi connectivity index (χ1v) is 6.45. The number of anilines is 1. The number of nitrogens with two attached hydrogens (primary N) is 1. The maximum Gasteiger partial charge on any atom is 0.226 e. The molecule has 1 heterocycles. The lowest BCUT2D eigenvalue weighted by atomic mass is 10.2. The van der Waals surface area contributed by atoms with E-state index in [-0.39, 0.29) is 24.4 Å². The van der Waals surface area contributed by atoms with E-state index in [1.165, 1.54) is 12.1 Å². The number of nitrogens with zero attached hydrogens (tertiary/aromatic N) is 2. The number of nitrogens with one attached hydrogen (secondary N) is 1. The summed E-state index contributed by atoms with van der Waals surface area (Å²) >= 11 is 0. The van der Waals surface area contributed by atoms with Crippen molar-refractivity contribution in [1.29, 1.82) is 0 Å². The number of benzene rings is 1. The summed E-state index contributed by atoms with van der Waals surface area (Å²) in [5.41, 5.74) is 5.89. The minimum absolute atomic E-state index is 0.172. The van der Waals surface area contributed by atoms with Gasteiger partial charge in [-0.15, -0.1) is 0 Å². The molecule has 0 bridgehead atoms. The minimum Gasteiger partial charge on any atom is -0.326 e. The third kappa shape index (κ3) is 4.44. The van der Waals surface area contributed by atoms with E-state index in [1.807, 2.05) is 0 Å². The molecule has 21 heavy (non-hydrogen) atoms. The van der Waals surface area contributed by atoms with E-state index in [0.717, 1.165) is 0 Å². The monoisotopic (exact) mass is 286 g/mol. The summed E-state index contributed by atoms with van der Waals surface area (Å²) in [5.74, 6) is 4.52. The number of halogens is 1. The van der Waals surface area contributed by atoms with Crippen LogP contribution in [0.1, 0.15) is 12.0 Å². The predicted molar refractivity (Wildman–Crippen MR) is 77.8 cm³/mol. The number of carbonyl (C=O) groups is 1. The van der Waals surface area contributed by atoms with Crippen LogP contribution < -0.4 is 11.1 Å². The summed E-state index contributed by atoms with van der Waals surface area (Å²) in [4.78, 5) is 11.8. The molecule has 108 valence electrons. The van der Waals surface area contributed by atoms with Crippen molar-refractivity contribution in [3.05, 3.63) is 48.0 Å². The molecular weight excluding hydrogens is 271 g/mol. The third-order valence-corrected chi connectivity index (χ3v) is 2.71. The fraction of sp³-hybridized carbons (Fsp3) is 0.200. The normalized spacial score (nSPS) is 9.81. The second kappa shape index (κ2) is 7.22.